The van der Waals surface area contributed by atoms with Gasteiger partial charge in [-0.3, -0.25) is 4.79 Å². The molecule has 0 bridgehead atoms. The largest absolute Gasteiger partial charge is 0.395 e. The second kappa shape index (κ2) is 6.98. The summed E-state index contributed by atoms with van der Waals surface area (Å²) in [6.45, 7) is 1.94. The lowest BCUT2D eigenvalue weighted by Crippen LogP contribution is -2.13. The van der Waals surface area contributed by atoms with Crippen molar-refractivity contribution in [3.8, 4) is 11.8 Å². The number of benzene rings is 1. The van der Waals surface area contributed by atoms with E-state index in [2.05, 4.69) is 22.1 Å². The third-order valence-corrected chi connectivity index (χ3v) is 3.07. The fraction of sp³-hybridized carbons (Fsp3) is 0.188. The van der Waals surface area contributed by atoms with E-state index in [1.165, 1.54) is 0 Å². The van der Waals surface area contributed by atoms with Crippen molar-refractivity contribution < 1.29 is 9.90 Å². The monoisotopic (exact) mass is 302 g/mol. The standard InChI is InChI=1S/C16H15ClN2O2/c1-11-5-6-12(4-2-3-7-20)8-14(11)19-16(21)15-9-13(17)10-18-15/h5-6,8-10,18,20H,3,7H2,1H3,(H,19,21). The summed E-state index contributed by atoms with van der Waals surface area (Å²) >= 11 is 5.78. The number of aryl methyl sites for hydroxylation is 1. The number of anilines is 1. The normalized spacial score (nSPS) is 9.86. The molecule has 0 atom stereocenters. The van der Waals surface area contributed by atoms with Crippen molar-refractivity contribution in [2.24, 2.45) is 0 Å². The number of rotatable bonds is 3. The summed E-state index contributed by atoms with van der Waals surface area (Å²) < 4.78 is 0. The van der Waals surface area contributed by atoms with Gasteiger partial charge in [0.05, 0.1) is 11.6 Å². The molecule has 0 aliphatic heterocycles. The molecule has 108 valence electrons. The maximum Gasteiger partial charge on any atom is 0.272 e. The minimum absolute atomic E-state index is 0.0377. The van der Waals surface area contributed by atoms with Crippen molar-refractivity contribution in [1.82, 2.24) is 4.98 Å². The number of halogens is 1. The van der Waals surface area contributed by atoms with Crippen LogP contribution in [0.1, 0.15) is 28.0 Å². The lowest BCUT2D eigenvalue weighted by atomic mass is 10.1. The highest BCUT2D eigenvalue weighted by Crippen LogP contribution is 2.18. The van der Waals surface area contributed by atoms with Gasteiger partial charge in [0.25, 0.3) is 5.91 Å². The van der Waals surface area contributed by atoms with Gasteiger partial charge in [-0.15, -0.1) is 0 Å². The van der Waals surface area contributed by atoms with E-state index in [1.54, 1.807) is 12.3 Å². The van der Waals surface area contributed by atoms with E-state index in [0.29, 0.717) is 22.8 Å². The van der Waals surface area contributed by atoms with Crippen LogP contribution in [-0.4, -0.2) is 22.6 Å². The number of aromatic amines is 1. The molecule has 21 heavy (non-hydrogen) atoms. The Morgan fingerprint density at radius 3 is 2.90 bits per heavy atom. The molecule has 0 unspecified atom stereocenters. The fourth-order valence-electron chi connectivity index (χ4n) is 1.74. The second-order valence-corrected chi connectivity index (χ2v) is 4.93. The second-order valence-electron chi connectivity index (χ2n) is 4.49. The Morgan fingerprint density at radius 2 is 2.24 bits per heavy atom. The van der Waals surface area contributed by atoms with Gasteiger partial charge in [0.2, 0.25) is 0 Å². The first-order chi connectivity index (χ1) is 10.1. The summed E-state index contributed by atoms with van der Waals surface area (Å²) in [5.74, 6) is 5.53. The van der Waals surface area contributed by atoms with E-state index in [-0.39, 0.29) is 12.5 Å². The molecule has 1 heterocycles. The van der Waals surface area contributed by atoms with Gasteiger partial charge in [0.15, 0.2) is 0 Å². The van der Waals surface area contributed by atoms with Crippen LogP contribution in [0.25, 0.3) is 0 Å². The third kappa shape index (κ3) is 4.12. The molecule has 0 spiro atoms. The zero-order valence-electron chi connectivity index (χ0n) is 11.5. The molecule has 2 rings (SSSR count). The van der Waals surface area contributed by atoms with Gasteiger partial charge in [-0.1, -0.05) is 29.5 Å². The minimum atomic E-state index is -0.259. The summed E-state index contributed by atoms with van der Waals surface area (Å²) in [6, 6.07) is 7.14. The first-order valence-corrected chi connectivity index (χ1v) is 6.83. The Hall–Kier alpha value is -2.22. The van der Waals surface area contributed by atoms with E-state index >= 15 is 0 Å². The fourth-order valence-corrected chi connectivity index (χ4v) is 1.91. The number of carbonyl (C=O) groups is 1. The van der Waals surface area contributed by atoms with Crippen molar-refractivity contribution in [3.63, 3.8) is 0 Å². The average Bonchev–Trinajstić information content (AvgIpc) is 2.89. The molecule has 4 nitrogen and oxygen atoms in total. The van der Waals surface area contributed by atoms with E-state index in [4.69, 9.17) is 16.7 Å². The van der Waals surface area contributed by atoms with Crippen LogP contribution in [0.15, 0.2) is 30.5 Å². The Labute approximate surface area is 128 Å². The van der Waals surface area contributed by atoms with Gasteiger partial charge in [-0.25, -0.2) is 0 Å². The number of aliphatic hydroxyl groups is 1. The number of amides is 1. The van der Waals surface area contributed by atoms with Gasteiger partial charge in [0, 0.05) is 23.9 Å². The zero-order chi connectivity index (χ0) is 15.2. The number of nitrogens with one attached hydrogen (secondary N) is 2. The van der Waals surface area contributed by atoms with Crippen LogP contribution in [0.5, 0.6) is 0 Å². The van der Waals surface area contributed by atoms with Gasteiger partial charge < -0.3 is 15.4 Å². The first-order valence-electron chi connectivity index (χ1n) is 6.46. The Bertz CT molecular complexity index is 711. The van der Waals surface area contributed by atoms with Crippen LogP contribution >= 0.6 is 11.6 Å². The number of hydrogen-bond donors (Lipinski definition) is 3. The van der Waals surface area contributed by atoms with Gasteiger partial charge in [-0.2, -0.15) is 0 Å². The minimum Gasteiger partial charge on any atom is -0.395 e. The molecule has 5 heteroatoms. The maximum atomic E-state index is 12.1. The summed E-state index contributed by atoms with van der Waals surface area (Å²) in [4.78, 5) is 14.9. The van der Waals surface area contributed by atoms with Crippen molar-refractivity contribution in [2.75, 3.05) is 11.9 Å². The van der Waals surface area contributed by atoms with Crippen LogP contribution in [0.2, 0.25) is 5.02 Å². The lowest BCUT2D eigenvalue weighted by molar-refractivity contribution is 0.102. The van der Waals surface area contributed by atoms with Crippen molar-refractivity contribution in [2.45, 2.75) is 13.3 Å². The van der Waals surface area contributed by atoms with Gasteiger partial charge >= 0.3 is 0 Å². The Kier molecular flexibility index (Phi) is 5.04. The molecule has 0 radical (unpaired) electrons. The highest BCUT2D eigenvalue weighted by atomic mass is 35.5. The van der Waals surface area contributed by atoms with E-state index in [9.17, 15) is 4.79 Å². The summed E-state index contributed by atoms with van der Waals surface area (Å²) in [6.07, 6.45) is 1.98. The first kappa shape index (κ1) is 15.2. The average molecular weight is 303 g/mol. The molecule has 1 aromatic carbocycles. The molecule has 3 N–H and O–H groups in total. The van der Waals surface area contributed by atoms with Crippen molar-refractivity contribution in [1.29, 1.82) is 0 Å². The van der Waals surface area contributed by atoms with Crippen LogP contribution < -0.4 is 5.32 Å². The molecular formula is C16H15ClN2O2. The highest BCUT2D eigenvalue weighted by molar-refractivity contribution is 6.31. The van der Waals surface area contributed by atoms with Crippen LogP contribution in [0.4, 0.5) is 5.69 Å². The van der Waals surface area contributed by atoms with Crippen molar-refractivity contribution >= 4 is 23.2 Å². The van der Waals surface area contributed by atoms with Gasteiger partial charge in [0.1, 0.15) is 5.69 Å². The van der Waals surface area contributed by atoms with E-state index < -0.39 is 0 Å². The summed E-state index contributed by atoms with van der Waals surface area (Å²) in [5.41, 5.74) is 2.82. The van der Waals surface area contributed by atoms with Gasteiger partial charge in [-0.05, 0) is 30.7 Å². The molecular weight excluding hydrogens is 288 g/mol. The quantitative estimate of drug-likeness (QED) is 0.763. The molecule has 2 aromatic rings. The summed E-state index contributed by atoms with van der Waals surface area (Å²) in [7, 11) is 0. The predicted octanol–water partition coefficient (Wildman–Crippen LogP) is 2.96. The topological polar surface area (TPSA) is 65.1 Å². The molecule has 1 aromatic heterocycles. The smallest absolute Gasteiger partial charge is 0.272 e. The van der Waals surface area contributed by atoms with Crippen LogP contribution in [-0.2, 0) is 0 Å². The van der Waals surface area contributed by atoms with Crippen LogP contribution in [0.3, 0.4) is 0 Å². The number of carbonyl (C=O) groups excluding carboxylic acids is 1. The molecule has 0 aliphatic carbocycles. The predicted molar refractivity (Wildman–Crippen MR) is 83.5 cm³/mol. The molecule has 0 saturated heterocycles. The highest BCUT2D eigenvalue weighted by Gasteiger charge is 2.10. The molecule has 0 saturated carbocycles. The maximum absolute atomic E-state index is 12.1. The number of aromatic nitrogens is 1. The van der Waals surface area contributed by atoms with Crippen LogP contribution in [0, 0.1) is 18.8 Å². The number of hydrogen-bond acceptors (Lipinski definition) is 2. The summed E-state index contributed by atoms with van der Waals surface area (Å²) in [5, 5.41) is 12.0. The SMILES string of the molecule is Cc1ccc(C#CCCO)cc1NC(=O)c1cc(Cl)c[nH]1. The lowest BCUT2D eigenvalue weighted by Gasteiger charge is -2.08. The Morgan fingerprint density at radius 1 is 1.43 bits per heavy atom. The molecule has 1 amide bonds. The van der Waals surface area contributed by atoms with E-state index in [0.717, 1.165) is 11.1 Å². The van der Waals surface area contributed by atoms with E-state index in [1.807, 2.05) is 25.1 Å². The number of H-pyrrole nitrogens is 1. The number of aliphatic hydroxyl groups excluding tert-OH is 1. The molecule has 0 aliphatic rings. The van der Waals surface area contributed by atoms with Crippen molar-refractivity contribution in [3.05, 3.63) is 52.3 Å². The molecule has 0 fully saturated rings. The Balaban J connectivity index is 2.17. The third-order valence-electron chi connectivity index (χ3n) is 2.85. The zero-order valence-corrected chi connectivity index (χ0v) is 12.3.